The van der Waals surface area contributed by atoms with Crippen molar-refractivity contribution < 1.29 is 32.2 Å². The zero-order chi connectivity index (χ0) is 32.9. The quantitative estimate of drug-likeness (QED) is 0.306. The molecule has 1 aliphatic rings. The highest BCUT2D eigenvalue weighted by Crippen LogP contribution is 2.40. The van der Waals surface area contributed by atoms with Crippen molar-refractivity contribution in [1.82, 2.24) is 19.9 Å². The van der Waals surface area contributed by atoms with E-state index in [0.717, 1.165) is 35.6 Å². The second-order valence-electron chi connectivity index (χ2n) is 13.5. The number of hydrogen-bond donors (Lipinski definition) is 2. The zero-order valence-electron chi connectivity index (χ0n) is 27.4. The largest absolute Gasteiger partial charge is 0.492 e. The van der Waals surface area contributed by atoms with Crippen LogP contribution in [0.5, 0.6) is 5.75 Å². The average Bonchev–Trinajstić information content (AvgIpc) is 3.36. The number of hydrogen-bond acceptors (Lipinski definition) is 9. The second-order valence-corrected chi connectivity index (χ2v) is 16.2. The number of nitrogens with one attached hydrogen (secondary N) is 2. The Hall–Kier alpha value is -2.90. The maximum atomic E-state index is 13.6. The Kier molecular flexibility index (Phi) is 11.7. The zero-order valence-corrected chi connectivity index (χ0v) is 29.0. The van der Waals surface area contributed by atoms with Gasteiger partial charge in [-0.1, -0.05) is 0 Å². The van der Waals surface area contributed by atoms with Crippen LogP contribution >= 0.6 is 11.3 Å². The minimum Gasteiger partial charge on any atom is -0.492 e. The first kappa shape index (κ1) is 35.6. The van der Waals surface area contributed by atoms with Crippen LogP contribution in [0.1, 0.15) is 92.0 Å². The van der Waals surface area contributed by atoms with E-state index in [2.05, 4.69) is 15.0 Å². The first-order valence-corrected chi connectivity index (χ1v) is 17.3. The fourth-order valence-corrected chi connectivity index (χ4v) is 7.55. The molecular formula is C31H48N4O7S2. The van der Waals surface area contributed by atoms with E-state index >= 15 is 0 Å². The number of aromatic nitrogens is 1. The standard InChI is InChI=1S/C31H48N4O7S2/c1-20(2)41-28(36)33-22-12-10-21(11-13-22)27-32-19-25(43-27)24-15-14-23(18-26(24)44(38,39)34-30(3,4)5)40-17-16-35(9)29(37)42-31(6,7)8/h14-15,18-22,34H,10-13,16-17H2,1-9H3,(H,33,36)/t21-,22-. The van der Waals surface area contributed by atoms with Crippen LogP contribution in [-0.2, 0) is 19.5 Å². The van der Waals surface area contributed by atoms with E-state index < -0.39 is 27.3 Å². The number of carbonyl (C=O) groups excluding carboxylic acids is 2. The smallest absolute Gasteiger partial charge is 0.410 e. The second kappa shape index (κ2) is 14.5. The first-order chi connectivity index (χ1) is 20.3. The molecule has 0 aliphatic heterocycles. The molecule has 0 saturated heterocycles. The summed E-state index contributed by atoms with van der Waals surface area (Å²) in [5.41, 5.74) is -0.770. The molecule has 2 N–H and O–H groups in total. The third-order valence-electron chi connectivity index (χ3n) is 6.61. The molecule has 1 aromatic heterocycles. The van der Waals surface area contributed by atoms with E-state index in [1.807, 2.05) is 13.8 Å². The summed E-state index contributed by atoms with van der Waals surface area (Å²) in [4.78, 5) is 31.2. The molecule has 1 fully saturated rings. The van der Waals surface area contributed by atoms with Crippen molar-refractivity contribution in [2.45, 2.75) is 115 Å². The van der Waals surface area contributed by atoms with E-state index in [-0.39, 0.29) is 42.2 Å². The minimum absolute atomic E-state index is 0.0635. The van der Waals surface area contributed by atoms with Crippen LogP contribution in [0.4, 0.5) is 9.59 Å². The number of alkyl carbamates (subject to hydrolysis) is 1. The van der Waals surface area contributed by atoms with Crippen molar-refractivity contribution in [2.75, 3.05) is 20.2 Å². The number of nitrogens with zero attached hydrogens (tertiary/aromatic N) is 2. The van der Waals surface area contributed by atoms with Crippen LogP contribution in [-0.4, -0.2) is 74.0 Å². The topological polar surface area (TPSA) is 136 Å². The van der Waals surface area contributed by atoms with Gasteiger partial charge in [0.15, 0.2) is 0 Å². The summed E-state index contributed by atoms with van der Waals surface area (Å²) in [5, 5.41) is 3.89. The van der Waals surface area contributed by atoms with Crippen molar-refractivity contribution in [3.05, 3.63) is 29.4 Å². The number of sulfonamides is 1. The SMILES string of the molecule is CC(C)OC(=O)N[C@H]1CC[C@H](c2ncc(-c3ccc(OCCN(C)C(=O)OC(C)(C)C)cc3S(=O)(=O)NC(C)(C)C)s2)CC1. The summed E-state index contributed by atoms with van der Waals surface area (Å²) in [7, 11) is -2.31. The average molecular weight is 653 g/mol. The number of ether oxygens (including phenoxy) is 3. The predicted octanol–water partition coefficient (Wildman–Crippen LogP) is 6.29. The van der Waals surface area contributed by atoms with E-state index in [0.29, 0.717) is 11.3 Å². The number of benzene rings is 1. The predicted molar refractivity (Wildman–Crippen MR) is 172 cm³/mol. The molecule has 1 saturated carbocycles. The summed E-state index contributed by atoms with van der Waals surface area (Å²) in [6, 6.07) is 5.05. The van der Waals surface area contributed by atoms with Gasteiger partial charge in [0.2, 0.25) is 10.0 Å². The van der Waals surface area contributed by atoms with Crippen LogP contribution in [0.2, 0.25) is 0 Å². The highest BCUT2D eigenvalue weighted by Gasteiger charge is 2.29. The highest BCUT2D eigenvalue weighted by atomic mass is 32.2. The Morgan fingerprint density at radius 3 is 2.34 bits per heavy atom. The molecule has 3 rings (SSSR count). The van der Waals surface area contributed by atoms with Crippen molar-refractivity contribution in [2.24, 2.45) is 0 Å². The van der Waals surface area contributed by atoms with E-state index in [1.54, 1.807) is 66.9 Å². The molecular weight excluding hydrogens is 604 g/mol. The van der Waals surface area contributed by atoms with Gasteiger partial charge in [-0.15, -0.1) is 11.3 Å². The van der Waals surface area contributed by atoms with Gasteiger partial charge in [0.1, 0.15) is 18.0 Å². The molecule has 0 unspecified atom stereocenters. The molecule has 11 nitrogen and oxygen atoms in total. The lowest BCUT2D eigenvalue weighted by Crippen LogP contribution is -2.40. The maximum absolute atomic E-state index is 13.6. The maximum Gasteiger partial charge on any atom is 0.410 e. The molecule has 0 spiro atoms. The lowest BCUT2D eigenvalue weighted by atomic mass is 9.86. The molecule has 2 amide bonds. The van der Waals surface area contributed by atoms with Crippen LogP contribution in [0.25, 0.3) is 10.4 Å². The molecule has 1 aromatic carbocycles. The Morgan fingerprint density at radius 1 is 1.09 bits per heavy atom. The van der Waals surface area contributed by atoms with Crippen molar-refractivity contribution in [3.63, 3.8) is 0 Å². The Morgan fingerprint density at radius 2 is 1.75 bits per heavy atom. The van der Waals surface area contributed by atoms with Gasteiger partial charge in [-0.25, -0.2) is 27.7 Å². The third-order valence-corrected chi connectivity index (χ3v) is 9.60. The van der Waals surface area contributed by atoms with Gasteiger partial charge in [0, 0.05) is 42.4 Å². The van der Waals surface area contributed by atoms with Gasteiger partial charge in [0.05, 0.1) is 27.4 Å². The molecule has 1 aliphatic carbocycles. The normalized spacial score (nSPS) is 17.7. The van der Waals surface area contributed by atoms with Gasteiger partial charge in [0.25, 0.3) is 0 Å². The number of thiazole rings is 1. The van der Waals surface area contributed by atoms with Gasteiger partial charge in [-0.2, -0.15) is 0 Å². The van der Waals surface area contributed by atoms with E-state index in [9.17, 15) is 18.0 Å². The fraction of sp³-hybridized carbons (Fsp3) is 0.645. The molecule has 1 heterocycles. The van der Waals surface area contributed by atoms with Crippen LogP contribution in [0.3, 0.4) is 0 Å². The lowest BCUT2D eigenvalue weighted by molar-refractivity contribution is 0.0278. The molecule has 2 aromatic rings. The Balaban J connectivity index is 1.76. The highest BCUT2D eigenvalue weighted by molar-refractivity contribution is 7.89. The minimum atomic E-state index is -3.93. The van der Waals surface area contributed by atoms with Crippen LogP contribution in [0.15, 0.2) is 29.3 Å². The summed E-state index contributed by atoms with van der Waals surface area (Å²) >= 11 is 1.49. The monoisotopic (exact) mass is 652 g/mol. The molecule has 44 heavy (non-hydrogen) atoms. The van der Waals surface area contributed by atoms with Gasteiger partial charge in [-0.05, 0) is 93.2 Å². The summed E-state index contributed by atoms with van der Waals surface area (Å²) < 4.78 is 46.4. The molecule has 0 bridgehead atoms. The van der Waals surface area contributed by atoms with Crippen molar-refractivity contribution >= 4 is 33.5 Å². The van der Waals surface area contributed by atoms with Crippen molar-refractivity contribution in [1.29, 1.82) is 0 Å². The van der Waals surface area contributed by atoms with Gasteiger partial charge >= 0.3 is 12.2 Å². The lowest BCUT2D eigenvalue weighted by Gasteiger charge is -2.28. The van der Waals surface area contributed by atoms with Crippen molar-refractivity contribution in [3.8, 4) is 16.2 Å². The molecule has 246 valence electrons. The van der Waals surface area contributed by atoms with Crippen LogP contribution < -0.4 is 14.8 Å². The first-order valence-electron chi connectivity index (χ1n) is 15.0. The van der Waals surface area contributed by atoms with E-state index in [1.165, 1.54) is 22.3 Å². The molecule has 0 radical (unpaired) electrons. The number of amides is 2. The van der Waals surface area contributed by atoms with Gasteiger partial charge in [-0.3, -0.25) is 0 Å². The summed E-state index contributed by atoms with van der Waals surface area (Å²) in [6.07, 6.45) is 4.06. The van der Waals surface area contributed by atoms with E-state index in [4.69, 9.17) is 14.2 Å². The van der Waals surface area contributed by atoms with Crippen LogP contribution in [0, 0.1) is 0 Å². The number of likely N-dealkylation sites (N-methyl/N-ethyl adjacent to an activating group) is 1. The number of carbonyl (C=O) groups is 2. The third kappa shape index (κ3) is 10.9. The molecule has 0 atom stereocenters. The summed E-state index contributed by atoms with van der Waals surface area (Å²) in [5.74, 6) is 0.595. The van der Waals surface area contributed by atoms with Gasteiger partial charge < -0.3 is 24.4 Å². The summed E-state index contributed by atoms with van der Waals surface area (Å²) in [6.45, 7) is 14.8. The molecule has 13 heteroatoms. The fourth-order valence-electron chi connectivity index (χ4n) is 4.71. The number of rotatable bonds is 10. The Labute approximate surface area is 266 Å². The Bertz CT molecular complexity index is 1390.